The average Bonchev–Trinajstić information content (AvgIpc) is 1.89. The standard InChI is InChI=1S/C7H10BrNO/c1-4-5-7(8)6(2)10-9-3/h5H,2-4H2,1H3/b7-5+. The molecule has 0 atom stereocenters. The van der Waals surface area contributed by atoms with Crippen LogP contribution in [0.4, 0.5) is 0 Å². The van der Waals surface area contributed by atoms with Crippen molar-refractivity contribution in [3.8, 4) is 0 Å². The molecule has 0 radical (unpaired) electrons. The Morgan fingerprint density at radius 3 is 2.80 bits per heavy atom. The summed E-state index contributed by atoms with van der Waals surface area (Å²) in [5, 5.41) is 3.22. The van der Waals surface area contributed by atoms with Crippen molar-refractivity contribution in [3.05, 3.63) is 22.9 Å². The van der Waals surface area contributed by atoms with E-state index in [2.05, 4.69) is 39.2 Å². The van der Waals surface area contributed by atoms with Crippen LogP contribution in [-0.4, -0.2) is 6.72 Å². The Balaban J connectivity index is 3.93. The van der Waals surface area contributed by atoms with Gasteiger partial charge < -0.3 is 4.84 Å². The van der Waals surface area contributed by atoms with Crippen LogP contribution in [0.1, 0.15) is 13.3 Å². The first kappa shape index (κ1) is 9.43. The normalized spacial score (nSPS) is 10.8. The minimum absolute atomic E-state index is 0.483. The second kappa shape index (κ2) is 5.23. The van der Waals surface area contributed by atoms with Crippen LogP contribution in [0.25, 0.3) is 0 Å². The van der Waals surface area contributed by atoms with Gasteiger partial charge in [-0.15, -0.1) is 0 Å². The van der Waals surface area contributed by atoms with E-state index in [-0.39, 0.29) is 0 Å². The molecule has 0 rings (SSSR count). The molecule has 0 amide bonds. The van der Waals surface area contributed by atoms with Crippen LogP contribution in [0, 0.1) is 0 Å². The summed E-state index contributed by atoms with van der Waals surface area (Å²) in [6, 6.07) is 0. The summed E-state index contributed by atoms with van der Waals surface area (Å²) in [5.41, 5.74) is 0. The first-order valence-electron chi connectivity index (χ1n) is 2.90. The molecule has 2 nitrogen and oxygen atoms in total. The molecule has 0 spiro atoms. The van der Waals surface area contributed by atoms with Crippen LogP contribution in [0.3, 0.4) is 0 Å². The molecule has 0 aromatic heterocycles. The minimum atomic E-state index is 0.483. The summed E-state index contributed by atoms with van der Waals surface area (Å²) in [6.45, 7) is 8.78. The van der Waals surface area contributed by atoms with E-state index in [1.54, 1.807) is 0 Å². The molecule has 10 heavy (non-hydrogen) atoms. The summed E-state index contributed by atoms with van der Waals surface area (Å²) < 4.78 is 0.822. The van der Waals surface area contributed by atoms with E-state index in [9.17, 15) is 0 Å². The third kappa shape index (κ3) is 3.45. The molecular weight excluding hydrogens is 194 g/mol. The van der Waals surface area contributed by atoms with Gasteiger partial charge in [-0.2, -0.15) is 0 Å². The molecule has 0 unspecified atom stereocenters. The quantitative estimate of drug-likeness (QED) is 0.298. The summed E-state index contributed by atoms with van der Waals surface area (Å²) in [7, 11) is 0. The Morgan fingerprint density at radius 2 is 2.40 bits per heavy atom. The molecule has 0 aliphatic heterocycles. The summed E-state index contributed by atoms with van der Waals surface area (Å²) in [5.74, 6) is 0.483. The number of rotatable bonds is 4. The highest BCUT2D eigenvalue weighted by Gasteiger charge is 1.96. The van der Waals surface area contributed by atoms with E-state index < -0.39 is 0 Å². The van der Waals surface area contributed by atoms with Gasteiger partial charge in [0.1, 0.15) is 0 Å². The first-order valence-corrected chi connectivity index (χ1v) is 3.69. The number of halogens is 1. The summed E-state index contributed by atoms with van der Waals surface area (Å²) >= 11 is 3.25. The van der Waals surface area contributed by atoms with Crippen molar-refractivity contribution in [1.82, 2.24) is 0 Å². The Kier molecular flexibility index (Phi) is 4.94. The van der Waals surface area contributed by atoms with Gasteiger partial charge >= 0.3 is 0 Å². The lowest BCUT2D eigenvalue weighted by Crippen LogP contribution is -1.81. The summed E-state index contributed by atoms with van der Waals surface area (Å²) in [6.07, 6.45) is 2.87. The lowest BCUT2D eigenvalue weighted by molar-refractivity contribution is 0.245. The van der Waals surface area contributed by atoms with Crippen molar-refractivity contribution < 1.29 is 4.84 Å². The van der Waals surface area contributed by atoms with Gasteiger partial charge in [-0.25, -0.2) is 0 Å². The van der Waals surface area contributed by atoms with E-state index in [4.69, 9.17) is 0 Å². The van der Waals surface area contributed by atoms with Crippen molar-refractivity contribution in [2.75, 3.05) is 0 Å². The van der Waals surface area contributed by atoms with Gasteiger partial charge in [-0.1, -0.05) is 24.7 Å². The molecule has 0 saturated heterocycles. The summed E-state index contributed by atoms with van der Waals surface area (Å²) in [4.78, 5) is 4.66. The fourth-order valence-electron chi connectivity index (χ4n) is 0.415. The van der Waals surface area contributed by atoms with Crippen molar-refractivity contribution >= 4 is 22.6 Å². The second-order valence-electron chi connectivity index (χ2n) is 1.60. The maximum Gasteiger partial charge on any atom is 0.164 e. The molecular formula is C7H10BrNO. The second-order valence-corrected chi connectivity index (χ2v) is 2.46. The maximum atomic E-state index is 4.66. The van der Waals surface area contributed by atoms with Gasteiger partial charge in [-0.3, -0.25) is 0 Å². The van der Waals surface area contributed by atoms with Gasteiger partial charge in [0.2, 0.25) is 0 Å². The van der Waals surface area contributed by atoms with Crippen LogP contribution in [0.15, 0.2) is 28.1 Å². The molecule has 0 aromatic carbocycles. The zero-order valence-corrected chi connectivity index (χ0v) is 7.52. The Labute approximate surface area is 69.4 Å². The molecule has 0 heterocycles. The van der Waals surface area contributed by atoms with Crippen LogP contribution in [0.5, 0.6) is 0 Å². The van der Waals surface area contributed by atoms with E-state index in [1.165, 1.54) is 0 Å². The van der Waals surface area contributed by atoms with Gasteiger partial charge in [0.25, 0.3) is 0 Å². The number of oxime groups is 1. The third-order valence-electron chi connectivity index (χ3n) is 0.824. The van der Waals surface area contributed by atoms with Gasteiger partial charge in [0, 0.05) is 6.72 Å². The van der Waals surface area contributed by atoms with Crippen LogP contribution in [0.2, 0.25) is 0 Å². The van der Waals surface area contributed by atoms with Crippen molar-refractivity contribution in [3.63, 3.8) is 0 Å². The largest absolute Gasteiger partial charge is 0.357 e. The number of hydrogen-bond acceptors (Lipinski definition) is 2. The molecule has 3 heteroatoms. The van der Waals surface area contributed by atoms with E-state index in [0.717, 1.165) is 10.9 Å². The lowest BCUT2D eigenvalue weighted by Gasteiger charge is -1.98. The monoisotopic (exact) mass is 203 g/mol. The predicted molar refractivity (Wildman–Crippen MR) is 47.1 cm³/mol. The Bertz CT molecular complexity index is 163. The smallest absolute Gasteiger partial charge is 0.164 e. The van der Waals surface area contributed by atoms with Crippen LogP contribution in [-0.2, 0) is 4.84 Å². The molecule has 0 aliphatic carbocycles. The van der Waals surface area contributed by atoms with Crippen LogP contribution >= 0.6 is 15.9 Å². The number of hydrogen-bond donors (Lipinski definition) is 0. The number of allylic oxidation sites excluding steroid dienone is 2. The SMILES string of the molecule is C=NOC(=C)/C(Br)=C\CC. The van der Waals surface area contributed by atoms with E-state index in [0.29, 0.717) is 5.76 Å². The Hall–Kier alpha value is -0.570. The molecule has 56 valence electrons. The lowest BCUT2D eigenvalue weighted by atomic mass is 10.4. The van der Waals surface area contributed by atoms with E-state index in [1.807, 2.05) is 13.0 Å². The first-order chi connectivity index (χ1) is 4.72. The Morgan fingerprint density at radius 1 is 1.80 bits per heavy atom. The highest BCUT2D eigenvalue weighted by atomic mass is 79.9. The zero-order valence-electron chi connectivity index (χ0n) is 5.93. The molecule has 0 bridgehead atoms. The third-order valence-corrected chi connectivity index (χ3v) is 1.59. The van der Waals surface area contributed by atoms with Crippen molar-refractivity contribution in [1.29, 1.82) is 0 Å². The molecule has 0 fully saturated rings. The van der Waals surface area contributed by atoms with E-state index >= 15 is 0 Å². The maximum absolute atomic E-state index is 4.66. The molecule has 0 saturated carbocycles. The van der Waals surface area contributed by atoms with Gasteiger partial charge in [-0.05, 0) is 22.4 Å². The zero-order chi connectivity index (χ0) is 7.98. The minimum Gasteiger partial charge on any atom is -0.357 e. The van der Waals surface area contributed by atoms with Gasteiger partial charge in [0.05, 0.1) is 4.48 Å². The highest BCUT2D eigenvalue weighted by molar-refractivity contribution is 9.11. The average molecular weight is 204 g/mol. The topological polar surface area (TPSA) is 21.6 Å². The fraction of sp³-hybridized carbons (Fsp3) is 0.286. The highest BCUT2D eigenvalue weighted by Crippen LogP contribution is 2.16. The number of nitrogens with zero attached hydrogens (tertiary/aromatic N) is 1. The van der Waals surface area contributed by atoms with Gasteiger partial charge in [0.15, 0.2) is 5.76 Å². The van der Waals surface area contributed by atoms with Crippen LogP contribution < -0.4 is 0 Å². The van der Waals surface area contributed by atoms with Crippen molar-refractivity contribution in [2.24, 2.45) is 5.16 Å². The predicted octanol–water partition coefficient (Wildman–Crippen LogP) is 2.82. The molecule has 0 aromatic rings. The fourth-order valence-corrected chi connectivity index (χ4v) is 0.811. The molecule has 0 aliphatic rings. The van der Waals surface area contributed by atoms with Crippen molar-refractivity contribution in [2.45, 2.75) is 13.3 Å². The molecule has 0 N–H and O–H groups in total.